The minimum Gasteiger partial charge on any atom is -0.495 e. The summed E-state index contributed by atoms with van der Waals surface area (Å²) in [6, 6.07) is 17.4. The van der Waals surface area contributed by atoms with E-state index >= 15 is 0 Å². The fourth-order valence-corrected chi connectivity index (χ4v) is 7.82. The Morgan fingerprint density at radius 2 is 1.05 bits per heavy atom. The summed E-state index contributed by atoms with van der Waals surface area (Å²) < 4.78 is 21.5. The number of pyridine rings is 2. The van der Waals surface area contributed by atoms with Crippen LogP contribution in [-0.4, -0.2) is 70.2 Å². The molecule has 0 aliphatic rings. The molecule has 4 aromatic heterocycles. The van der Waals surface area contributed by atoms with E-state index in [-0.39, 0.29) is 11.8 Å². The number of hydrogen-bond acceptors (Lipinski definition) is 10. The van der Waals surface area contributed by atoms with Gasteiger partial charge in [0.2, 0.25) is 5.95 Å². The highest BCUT2D eigenvalue weighted by Crippen LogP contribution is 2.49. The number of amides is 2. The van der Waals surface area contributed by atoms with Gasteiger partial charge in [-0.3, -0.25) is 24.9 Å². The molecule has 304 valence electrons. The lowest BCUT2D eigenvalue weighted by molar-refractivity contribution is 0.101. The summed E-state index contributed by atoms with van der Waals surface area (Å²) in [6.07, 6.45) is 9.41. The molecule has 0 aliphatic carbocycles. The number of fused-ring (bicyclic) bond motifs is 2. The first-order valence-electron chi connectivity index (χ1n) is 17.7. The third-order valence-electron chi connectivity index (χ3n) is 9.19. The van der Waals surface area contributed by atoms with Crippen LogP contribution in [0, 0.1) is 0 Å². The summed E-state index contributed by atoms with van der Waals surface area (Å²) in [5.74, 6) is 1.84. The van der Waals surface area contributed by atoms with Crippen molar-refractivity contribution in [2.24, 2.45) is 0 Å². The van der Waals surface area contributed by atoms with Crippen LogP contribution in [0.4, 0.5) is 11.8 Å². The molecule has 0 fully saturated rings. The second-order valence-corrected chi connectivity index (χ2v) is 14.0. The molecule has 60 heavy (non-hydrogen) atoms. The van der Waals surface area contributed by atoms with Gasteiger partial charge in [0.1, 0.15) is 28.8 Å². The van der Waals surface area contributed by atoms with Crippen LogP contribution in [0.3, 0.4) is 0 Å². The van der Waals surface area contributed by atoms with E-state index in [0.29, 0.717) is 110 Å². The molecule has 4 N–H and O–H groups in total. The van der Waals surface area contributed by atoms with Crippen molar-refractivity contribution in [1.29, 1.82) is 0 Å². The van der Waals surface area contributed by atoms with Crippen LogP contribution in [0.15, 0.2) is 98.0 Å². The number of carbonyl (C=O) groups excluding carboxylic acids is 2. The minimum atomic E-state index is -0.347. The number of hydrogen-bond donors (Lipinski definition) is 4. The van der Waals surface area contributed by atoms with Crippen LogP contribution in [-0.2, 0) is 0 Å². The molecule has 4 heterocycles. The van der Waals surface area contributed by atoms with Crippen molar-refractivity contribution >= 4 is 91.8 Å². The highest BCUT2D eigenvalue weighted by Gasteiger charge is 2.24. The van der Waals surface area contributed by atoms with E-state index < -0.39 is 0 Å². The Morgan fingerprint density at radius 1 is 0.583 bits per heavy atom. The predicted octanol–water partition coefficient (Wildman–Crippen LogP) is 10.4. The van der Waals surface area contributed by atoms with Gasteiger partial charge in [-0.05, 0) is 35.4 Å². The molecule has 0 unspecified atom stereocenters. The number of methoxy groups -OCH3 is 4. The van der Waals surface area contributed by atoms with Gasteiger partial charge in [-0.25, -0.2) is 9.97 Å². The van der Waals surface area contributed by atoms with Gasteiger partial charge in [0.05, 0.1) is 83.2 Å². The van der Waals surface area contributed by atoms with E-state index in [1.54, 1.807) is 73.3 Å². The number of rotatable bonds is 10. The molecular weight excluding hydrogens is 854 g/mol. The average molecular weight is 887 g/mol. The van der Waals surface area contributed by atoms with Gasteiger partial charge >= 0.3 is 0 Å². The third kappa shape index (κ3) is 8.05. The zero-order valence-corrected chi connectivity index (χ0v) is 35.0. The molecule has 0 radical (unpaired) electrons. The number of halogens is 4. The molecule has 18 heteroatoms. The first kappa shape index (κ1) is 41.6. The van der Waals surface area contributed by atoms with Crippen LogP contribution in [0.5, 0.6) is 23.0 Å². The Hall–Kier alpha value is -6.58. The van der Waals surface area contributed by atoms with Crippen LogP contribution < -0.4 is 29.6 Å². The Labute approximate surface area is 362 Å². The number of anilines is 2. The summed E-state index contributed by atoms with van der Waals surface area (Å²) in [7, 11) is 6.06. The topological polar surface area (TPSA) is 178 Å². The van der Waals surface area contributed by atoms with Crippen LogP contribution in [0.1, 0.15) is 20.7 Å². The lowest BCUT2D eigenvalue weighted by atomic mass is 9.97. The molecule has 4 aromatic carbocycles. The summed E-state index contributed by atoms with van der Waals surface area (Å²) in [5, 5.41) is 8.21. The van der Waals surface area contributed by atoms with Crippen molar-refractivity contribution in [2.75, 3.05) is 39.1 Å². The molecule has 0 bridgehead atoms. The number of H-pyrrole nitrogens is 2. The lowest BCUT2D eigenvalue weighted by Gasteiger charge is -2.17. The lowest BCUT2D eigenvalue weighted by Crippen LogP contribution is -2.14. The van der Waals surface area contributed by atoms with E-state index in [9.17, 15) is 9.59 Å². The largest absolute Gasteiger partial charge is 0.495 e. The van der Waals surface area contributed by atoms with Crippen molar-refractivity contribution < 1.29 is 28.5 Å². The molecule has 0 saturated carbocycles. The molecule has 0 spiro atoms. The monoisotopic (exact) mass is 884 g/mol. The summed E-state index contributed by atoms with van der Waals surface area (Å²) in [5.41, 5.74) is 4.23. The standard InChI is InChI=1S/2C21H16Cl2N4O3/c1-29-14-8-15(30-2)19(23)17(18(14)22)11-5-6-13(20-12(11)4-3-7-25-20)21(28)27-16-9-24-10-26-16;1-29-14-10-15(30-2)18(23)16(17(14)22)11-5-6-13(19-12(11)4-3-7-24-19)20(28)27-21-25-8-9-26-21/h3-10H,1-2H3,(H,24,26)(H,27,28);3-10H,1-2H3,(H2,25,26,27,28). The second kappa shape index (κ2) is 18.1. The smallest absolute Gasteiger partial charge is 0.260 e. The first-order chi connectivity index (χ1) is 29.1. The maximum absolute atomic E-state index is 12.8. The Balaban J connectivity index is 0.000000181. The average Bonchev–Trinajstić information content (AvgIpc) is 3.99. The van der Waals surface area contributed by atoms with Crippen molar-refractivity contribution in [3.8, 4) is 45.3 Å². The Morgan fingerprint density at radius 3 is 1.45 bits per heavy atom. The quantitative estimate of drug-likeness (QED) is 0.103. The first-order valence-corrected chi connectivity index (χ1v) is 19.2. The molecule has 2 amide bonds. The number of aromatic amines is 2. The predicted molar refractivity (Wildman–Crippen MR) is 234 cm³/mol. The number of imidazole rings is 2. The number of nitrogens with one attached hydrogen (secondary N) is 4. The maximum atomic E-state index is 12.8. The fraction of sp³-hybridized carbons (Fsp3) is 0.0952. The third-order valence-corrected chi connectivity index (χ3v) is 10.7. The van der Waals surface area contributed by atoms with Gasteiger partial charge in [-0.15, -0.1) is 0 Å². The normalized spacial score (nSPS) is 10.8. The molecule has 14 nitrogen and oxygen atoms in total. The summed E-state index contributed by atoms with van der Waals surface area (Å²) >= 11 is 26.4. The molecule has 0 aliphatic heterocycles. The summed E-state index contributed by atoms with van der Waals surface area (Å²) in [6.45, 7) is 0. The number of benzene rings is 4. The van der Waals surface area contributed by atoms with Gasteiger partial charge in [-0.1, -0.05) is 70.7 Å². The van der Waals surface area contributed by atoms with Crippen LogP contribution in [0.2, 0.25) is 20.1 Å². The zero-order valence-electron chi connectivity index (χ0n) is 32.0. The highest BCUT2D eigenvalue weighted by atomic mass is 35.5. The molecular formula is C42H32Cl4N8O6. The van der Waals surface area contributed by atoms with Crippen molar-refractivity contribution in [2.45, 2.75) is 0 Å². The van der Waals surface area contributed by atoms with Gasteiger partial charge in [0.25, 0.3) is 11.8 Å². The van der Waals surface area contributed by atoms with Gasteiger partial charge in [0, 0.05) is 58.8 Å². The zero-order chi connectivity index (χ0) is 42.5. The van der Waals surface area contributed by atoms with E-state index in [4.69, 9.17) is 65.4 Å². The number of ether oxygens (including phenoxy) is 4. The number of aromatic nitrogens is 6. The Kier molecular flexibility index (Phi) is 12.6. The molecule has 8 rings (SSSR count). The SMILES string of the molecule is COc1cc(OC)c(Cl)c(-c2ccc(C(=O)Nc3cnc[nH]3)c3ncccc23)c1Cl.COc1cc(OC)c(Cl)c(-c2ccc(C(=O)Nc3ncc[nH]3)c3ncccc23)c1Cl. The maximum Gasteiger partial charge on any atom is 0.260 e. The van der Waals surface area contributed by atoms with Gasteiger partial charge in [0.15, 0.2) is 0 Å². The van der Waals surface area contributed by atoms with E-state index in [0.717, 1.165) is 0 Å². The number of nitrogens with zero attached hydrogens (tertiary/aromatic N) is 4. The number of carbonyl (C=O) groups is 2. The van der Waals surface area contributed by atoms with Crippen molar-refractivity contribution in [1.82, 2.24) is 29.9 Å². The molecule has 0 atom stereocenters. The fourth-order valence-electron chi connectivity index (χ4n) is 6.41. The van der Waals surface area contributed by atoms with Crippen molar-refractivity contribution in [3.63, 3.8) is 0 Å². The second-order valence-electron chi connectivity index (χ2n) is 12.5. The van der Waals surface area contributed by atoms with Crippen LogP contribution >= 0.6 is 46.4 Å². The van der Waals surface area contributed by atoms with Gasteiger partial charge < -0.3 is 34.2 Å². The Bertz CT molecular complexity index is 2620. The van der Waals surface area contributed by atoms with Crippen molar-refractivity contribution in [3.05, 3.63) is 129 Å². The van der Waals surface area contributed by atoms with E-state index in [2.05, 4.69) is 40.5 Å². The minimum absolute atomic E-state index is 0.324. The highest BCUT2D eigenvalue weighted by molar-refractivity contribution is 6.42. The van der Waals surface area contributed by atoms with E-state index in [1.165, 1.54) is 41.0 Å². The molecule has 8 aromatic rings. The van der Waals surface area contributed by atoms with E-state index in [1.807, 2.05) is 12.1 Å². The van der Waals surface area contributed by atoms with Crippen LogP contribution in [0.25, 0.3) is 44.1 Å². The van der Waals surface area contributed by atoms with Gasteiger partial charge in [-0.2, -0.15) is 0 Å². The summed E-state index contributed by atoms with van der Waals surface area (Å²) in [4.78, 5) is 48.1. The molecule has 0 saturated heterocycles.